The number of esters is 1. The molecule has 2 rings (SSSR count). The van der Waals surface area contributed by atoms with E-state index in [4.69, 9.17) is 9.47 Å². The van der Waals surface area contributed by atoms with Gasteiger partial charge in [-0.05, 0) is 46.1 Å². The number of benzene rings is 1. The topological polar surface area (TPSA) is 55.8 Å². The van der Waals surface area contributed by atoms with E-state index in [-0.39, 0.29) is 29.9 Å². The number of carbonyl (C=O) groups is 2. The second-order valence-electron chi connectivity index (χ2n) is 8.47. The first kappa shape index (κ1) is 22.3. The maximum Gasteiger partial charge on any atom is 0.410 e. The molecule has 1 heterocycles. The predicted molar refractivity (Wildman–Crippen MR) is 110 cm³/mol. The van der Waals surface area contributed by atoms with Crippen molar-refractivity contribution >= 4 is 12.1 Å². The van der Waals surface area contributed by atoms with Crippen molar-refractivity contribution in [2.24, 2.45) is 5.92 Å². The molecule has 0 radical (unpaired) electrons. The van der Waals surface area contributed by atoms with Crippen molar-refractivity contribution in [2.45, 2.75) is 77.9 Å². The Morgan fingerprint density at radius 3 is 2.39 bits per heavy atom. The Bertz CT molecular complexity index is 638. The van der Waals surface area contributed by atoms with Crippen LogP contribution in [0.3, 0.4) is 0 Å². The van der Waals surface area contributed by atoms with Gasteiger partial charge < -0.3 is 14.4 Å². The van der Waals surface area contributed by atoms with Crippen LogP contribution in [-0.2, 0) is 14.3 Å². The van der Waals surface area contributed by atoms with E-state index in [1.54, 1.807) is 4.90 Å². The molecule has 0 saturated carbocycles. The van der Waals surface area contributed by atoms with Crippen molar-refractivity contribution in [3.8, 4) is 0 Å². The Morgan fingerprint density at radius 1 is 1.14 bits per heavy atom. The van der Waals surface area contributed by atoms with E-state index in [1.807, 2.05) is 45.9 Å². The molecule has 3 atom stereocenters. The summed E-state index contributed by atoms with van der Waals surface area (Å²) in [5.74, 6) is -0.554. The van der Waals surface area contributed by atoms with Crippen molar-refractivity contribution in [3.63, 3.8) is 0 Å². The van der Waals surface area contributed by atoms with Crippen LogP contribution in [-0.4, -0.2) is 41.8 Å². The monoisotopic (exact) mass is 389 g/mol. The Balaban J connectivity index is 2.38. The molecule has 28 heavy (non-hydrogen) atoms. The van der Waals surface area contributed by atoms with Gasteiger partial charge in [0.05, 0.1) is 12.5 Å². The summed E-state index contributed by atoms with van der Waals surface area (Å²) in [5, 5.41) is 0. The summed E-state index contributed by atoms with van der Waals surface area (Å²) >= 11 is 0. The van der Waals surface area contributed by atoms with Gasteiger partial charge in [-0.2, -0.15) is 0 Å². The third-order valence-electron chi connectivity index (χ3n) is 5.20. The lowest BCUT2D eigenvalue weighted by Crippen LogP contribution is -2.54. The maximum atomic E-state index is 13.0. The fourth-order valence-electron chi connectivity index (χ4n) is 4.02. The van der Waals surface area contributed by atoms with Gasteiger partial charge in [0.25, 0.3) is 0 Å². The second-order valence-corrected chi connectivity index (χ2v) is 8.47. The van der Waals surface area contributed by atoms with E-state index < -0.39 is 5.60 Å². The summed E-state index contributed by atoms with van der Waals surface area (Å²) in [6.45, 7) is 10.5. The molecule has 0 aliphatic carbocycles. The number of carbonyl (C=O) groups excluding carboxylic acids is 2. The second kappa shape index (κ2) is 9.94. The number of nitrogens with zero attached hydrogens (tertiary/aromatic N) is 1. The third kappa shape index (κ3) is 5.73. The smallest absolute Gasteiger partial charge is 0.410 e. The number of unbranched alkanes of at least 4 members (excludes halogenated alkanes) is 1. The molecule has 1 aromatic rings. The molecule has 1 aliphatic rings. The van der Waals surface area contributed by atoms with Gasteiger partial charge in [0.15, 0.2) is 0 Å². The molecule has 156 valence electrons. The molecular formula is C23H35NO4. The van der Waals surface area contributed by atoms with Gasteiger partial charge in [0, 0.05) is 18.5 Å². The van der Waals surface area contributed by atoms with Crippen LogP contribution in [0.2, 0.25) is 0 Å². The van der Waals surface area contributed by atoms with Crippen LogP contribution >= 0.6 is 0 Å². The average molecular weight is 390 g/mol. The largest absolute Gasteiger partial charge is 0.466 e. The maximum absolute atomic E-state index is 13.0. The van der Waals surface area contributed by atoms with Gasteiger partial charge >= 0.3 is 12.1 Å². The highest BCUT2D eigenvalue weighted by molar-refractivity contribution is 5.77. The van der Waals surface area contributed by atoms with Gasteiger partial charge in [-0.1, -0.05) is 50.1 Å². The highest BCUT2D eigenvalue weighted by Gasteiger charge is 2.46. The standard InChI is InChI=1S/C23H35NO4/c1-6-8-14-19-20(21(25)27-7-2)18(17-12-10-9-11-13-17)15-16-24(19)22(26)28-23(3,4)5/h9-13,18-20H,6-8,14-16H2,1-5H3. The summed E-state index contributed by atoms with van der Waals surface area (Å²) in [6.07, 6.45) is 3.10. The van der Waals surface area contributed by atoms with Gasteiger partial charge in [0.2, 0.25) is 0 Å². The van der Waals surface area contributed by atoms with E-state index in [2.05, 4.69) is 19.1 Å². The van der Waals surface area contributed by atoms with Crippen LogP contribution < -0.4 is 0 Å². The average Bonchev–Trinajstić information content (AvgIpc) is 2.65. The van der Waals surface area contributed by atoms with Crippen LogP contribution in [0.4, 0.5) is 4.79 Å². The van der Waals surface area contributed by atoms with Gasteiger partial charge in [0.1, 0.15) is 5.60 Å². The highest BCUT2D eigenvalue weighted by Crippen LogP contribution is 2.40. The fraction of sp³-hybridized carbons (Fsp3) is 0.652. The highest BCUT2D eigenvalue weighted by atomic mass is 16.6. The molecule has 1 amide bonds. The van der Waals surface area contributed by atoms with Crippen molar-refractivity contribution in [1.29, 1.82) is 0 Å². The van der Waals surface area contributed by atoms with Crippen molar-refractivity contribution in [2.75, 3.05) is 13.2 Å². The van der Waals surface area contributed by atoms with E-state index in [0.717, 1.165) is 31.2 Å². The van der Waals surface area contributed by atoms with Gasteiger partial charge in [-0.15, -0.1) is 0 Å². The number of piperidine rings is 1. The van der Waals surface area contributed by atoms with Crippen LogP contribution in [0.25, 0.3) is 0 Å². The Kier molecular flexibility index (Phi) is 7.90. The SMILES string of the molecule is CCCCC1C(C(=O)OCC)C(c2ccccc2)CCN1C(=O)OC(C)(C)C. The lowest BCUT2D eigenvalue weighted by molar-refractivity contribution is -0.153. The van der Waals surface area contributed by atoms with E-state index in [0.29, 0.717) is 13.2 Å². The molecule has 3 unspecified atom stereocenters. The lowest BCUT2D eigenvalue weighted by Gasteiger charge is -2.44. The first-order valence-corrected chi connectivity index (χ1v) is 10.5. The van der Waals surface area contributed by atoms with Gasteiger partial charge in [-0.3, -0.25) is 4.79 Å². The summed E-state index contributed by atoms with van der Waals surface area (Å²) < 4.78 is 11.1. The van der Waals surface area contributed by atoms with Crippen molar-refractivity contribution < 1.29 is 19.1 Å². The lowest BCUT2D eigenvalue weighted by atomic mass is 9.74. The van der Waals surface area contributed by atoms with Gasteiger partial charge in [-0.25, -0.2) is 4.79 Å². The molecule has 0 aromatic heterocycles. The Morgan fingerprint density at radius 2 is 1.82 bits per heavy atom. The zero-order chi connectivity index (χ0) is 20.7. The minimum atomic E-state index is -0.567. The molecule has 1 fully saturated rings. The fourth-order valence-corrected chi connectivity index (χ4v) is 4.02. The van der Waals surface area contributed by atoms with E-state index in [1.165, 1.54) is 0 Å². The zero-order valence-electron chi connectivity index (χ0n) is 17.9. The quantitative estimate of drug-likeness (QED) is 0.632. The van der Waals surface area contributed by atoms with Crippen LogP contribution in [0.15, 0.2) is 30.3 Å². The zero-order valence-corrected chi connectivity index (χ0v) is 17.9. The molecule has 1 saturated heterocycles. The summed E-state index contributed by atoms with van der Waals surface area (Å²) in [6, 6.07) is 9.89. The molecule has 1 aromatic carbocycles. The normalized spacial score (nSPS) is 22.6. The Hall–Kier alpha value is -2.04. The minimum Gasteiger partial charge on any atom is -0.466 e. The summed E-state index contributed by atoms with van der Waals surface area (Å²) in [5.41, 5.74) is 0.563. The van der Waals surface area contributed by atoms with E-state index >= 15 is 0 Å². The summed E-state index contributed by atoms with van der Waals surface area (Å²) in [4.78, 5) is 27.7. The van der Waals surface area contributed by atoms with Crippen LogP contribution in [0.1, 0.15) is 71.8 Å². The first-order chi connectivity index (χ1) is 13.3. The van der Waals surface area contributed by atoms with Crippen molar-refractivity contribution in [1.82, 2.24) is 4.90 Å². The molecule has 0 N–H and O–H groups in total. The number of ether oxygens (including phenoxy) is 2. The molecule has 0 bridgehead atoms. The third-order valence-corrected chi connectivity index (χ3v) is 5.20. The number of hydrogen-bond acceptors (Lipinski definition) is 4. The summed E-state index contributed by atoms with van der Waals surface area (Å²) in [7, 11) is 0. The minimum absolute atomic E-state index is 0.0424. The number of likely N-dealkylation sites (tertiary alicyclic amines) is 1. The first-order valence-electron chi connectivity index (χ1n) is 10.5. The Labute approximate surface area is 169 Å². The molecule has 5 nitrogen and oxygen atoms in total. The number of rotatable bonds is 6. The van der Waals surface area contributed by atoms with Crippen LogP contribution in [0, 0.1) is 5.92 Å². The predicted octanol–water partition coefficient (Wildman–Crippen LogP) is 5.15. The molecule has 0 spiro atoms. The number of hydrogen-bond donors (Lipinski definition) is 0. The molecular weight excluding hydrogens is 354 g/mol. The molecule has 5 heteroatoms. The van der Waals surface area contributed by atoms with Crippen molar-refractivity contribution in [3.05, 3.63) is 35.9 Å². The van der Waals surface area contributed by atoms with E-state index in [9.17, 15) is 9.59 Å². The number of amides is 1. The molecule has 1 aliphatic heterocycles. The van der Waals surface area contributed by atoms with Crippen LogP contribution in [0.5, 0.6) is 0 Å².